The van der Waals surface area contributed by atoms with E-state index in [0.717, 1.165) is 0 Å². The van der Waals surface area contributed by atoms with E-state index in [2.05, 4.69) is 10.2 Å². The Balaban J connectivity index is 2.24. The number of carbonyl (C=O) groups excluding carboxylic acids is 2. The second-order valence-electron chi connectivity index (χ2n) is 4.86. The second-order valence-corrected chi connectivity index (χ2v) is 4.86. The molecule has 1 saturated heterocycles. The van der Waals surface area contributed by atoms with Crippen molar-refractivity contribution >= 4 is 11.8 Å². The van der Waals surface area contributed by atoms with Gasteiger partial charge < -0.3 is 9.32 Å². The average Bonchev–Trinajstić information content (AvgIpc) is 2.95. The summed E-state index contributed by atoms with van der Waals surface area (Å²) in [6.07, 6.45) is 0.483. The van der Waals surface area contributed by atoms with Crippen molar-refractivity contribution in [3.63, 3.8) is 0 Å². The maximum atomic E-state index is 12.4. The lowest BCUT2D eigenvalue weighted by Gasteiger charge is -2.24. The standard InChI is InChI=1S/C11H16N4O4/c1-6(8(16)14-18)15-5-4-11(3,10(15)17)9-13-12-7(2)19-9/h6,18H,4-5H2,1-3H3,(H,14,16). The Kier molecular flexibility index (Phi) is 3.27. The van der Waals surface area contributed by atoms with E-state index in [4.69, 9.17) is 9.62 Å². The van der Waals surface area contributed by atoms with Crippen LogP contribution in [0, 0.1) is 6.92 Å². The molecule has 1 aliphatic heterocycles. The molecule has 8 nitrogen and oxygen atoms in total. The van der Waals surface area contributed by atoms with Crippen LogP contribution in [-0.4, -0.2) is 44.7 Å². The first kappa shape index (κ1) is 13.5. The maximum absolute atomic E-state index is 12.4. The summed E-state index contributed by atoms with van der Waals surface area (Å²) >= 11 is 0. The molecule has 0 bridgehead atoms. The summed E-state index contributed by atoms with van der Waals surface area (Å²) in [6, 6.07) is -0.747. The molecule has 1 aliphatic rings. The number of amides is 2. The van der Waals surface area contributed by atoms with E-state index in [9.17, 15) is 9.59 Å². The fourth-order valence-electron chi connectivity index (χ4n) is 2.19. The molecule has 104 valence electrons. The fraction of sp³-hybridized carbons (Fsp3) is 0.636. The minimum absolute atomic E-state index is 0.257. The van der Waals surface area contributed by atoms with Gasteiger partial charge in [0.2, 0.25) is 17.7 Å². The summed E-state index contributed by atoms with van der Waals surface area (Å²) in [7, 11) is 0. The highest BCUT2D eigenvalue weighted by atomic mass is 16.5. The van der Waals surface area contributed by atoms with Gasteiger partial charge in [-0.15, -0.1) is 10.2 Å². The van der Waals surface area contributed by atoms with Gasteiger partial charge in [0.05, 0.1) is 0 Å². The molecule has 1 fully saturated rings. The molecule has 0 radical (unpaired) electrons. The third kappa shape index (κ3) is 2.07. The second kappa shape index (κ2) is 4.61. The molecule has 2 atom stereocenters. The number of likely N-dealkylation sites (tertiary alicyclic amines) is 1. The normalized spacial score (nSPS) is 24.6. The molecule has 19 heavy (non-hydrogen) atoms. The summed E-state index contributed by atoms with van der Waals surface area (Å²) in [5.41, 5.74) is 0.638. The molecule has 0 aliphatic carbocycles. The van der Waals surface area contributed by atoms with Crippen molar-refractivity contribution in [2.24, 2.45) is 0 Å². The van der Waals surface area contributed by atoms with Crippen LogP contribution in [0.5, 0.6) is 0 Å². The largest absolute Gasteiger partial charge is 0.424 e. The maximum Gasteiger partial charge on any atom is 0.265 e. The van der Waals surface area contributed by atoms with Gasteiger partial charge in [-0.25, -0.2) is 5.48 Å². The molecular formula is C11H16N4O4. The average molecular weight is 268 g/mol. The Morgan fingerprint density at radius 1 is 1.58 bits per heavy atom. The molecule has 2 heterocycles. The van der Waals surface area contributed by atoms with Crippen molar-refractivity contribution in [3.05, 3.63) is 11.8 Å². The first-order valence-corrected chi connectivity index (χ1v) is 5.95. The van der Waals surface area contributed by atoms with Gasteiger partial charge in [0.1, 0.15) is 11.5 Å². The monoisotopic (exact) mass is 268 g/mol. The van der Waals surface area contributed by atoms with Gasteiger partial charge in [-0.3, -0.25) is 14.8 Å². The van der Waals surface area contributed by atoms with Crippen LogP contribution < -0.4 is 5.48 Å². The van der Waals surface area contributed by atoms with Crippen molar-refractivity contribution < 1.29 is 19.2 Å². The molecule has 1 aromatic rings. The number of hydroxylamine groups is 1. The third-order valence-electron chi connectivity index (χ3n) is 3.54. The predicted octanol–water partition coefficient (Wildman–Crippen LogP) is -0.238. The first-order valence-electron chi connectivity index (χ1n) is 5.95. The SMILES string of the molecule is Cc1nnc(C2(C)CCN(C(C)C(=O)NO)C2=O)o1. The topological polar surface area (TPSA) is 109 Å². The van der Waals surface area contributed by atoms with Crippen molar-refractivity contribution in [3.8, 4) is 0 Å². The van der Waals surface area contributed by atoms with Crippen molar-refractivity contribution in [1.29, 1.82) is 0 Å². The van der Waals surface area contributed by atoms with Gasteiger partial charge >= 0.3 is 0 Å². The van der Waals surface area contributed by atoms with E-state index in [0.29, 0.717) is 18.9 Å². The lowest BCUT2D eigenvalue weighted by molar-refractivity contribution is -0.143. The van der Waals surface area contributed by atoms with Crippen LogP contribution in [0.3, 0.4) is 0 Å². The highest BCUT2D eigenvalue weighted by Gasteiger charge is 2.50. The van der Waals surface area contributed by atoms with Gasteiger partial charge in [-0.1, -0.05) is 0 Å². The van der Waals surface area contributed by atoms with E-state index in [1.165, 1.54) is 4.90 Å². The lowest BCUT2D eigenvalue weighted by Crippen LogP contribution is -2.47. The predicted molar refractivity (Wildman–Crippen MR) is 62.1 cm³/mol. The number of hydrogen-bond donors (Lipinski definition) is 2. The van der Waals surface area contributed by atoms with Gasteiger partial charge in [0, 0.05) is 13.5 Å². The zero-order valence-electron chi connectivity index (χ0n) is 11.0. The zero-order valence-corrected chi connectivity index (χ0v) is 11.0. The molecule has 0 aromatic carbocycles. The van der Waals surface area contributed by atoms with Crippen molar-refractivity contribution in [1.82, 2.24) is 20.6 Å². The quantitative estimate of drug-likeness (QED) is 0.578. The van der Waals surface area contributed by atoms with Gasteiger partial charge in [0.15, 0.2) is 0 Å². The number of carbonyl (C=O) groups is 2. The number of nitrogens with one attached hydrogen (secondary N) is 1. The van der Waals surface area contributed by atoms with Gasteiger partial charge in [-0.2, -0.15) is 0 Å². The number of nitrogens with zero attached hydrogens (tertiary/aromatic N) is 3. The summed E-state index contributed by atoms with van der Waals surface area (Å²) in [5, 5.41) is 16.2. The minimum atomic E-state index is -0.911. The summed E-state index contributed by atoms with van der Waals surface area (Å²) < 4.78 is 5.34. The van der Waals surface area contributed by atoms with E-state index < -0.39 is 17.4 Å². The van der Waals surface area contributed by atoms with Crippen LogP contribution in [0.25, 0.3) is 0 Å². The zero-order chi connectivity index (χ0) is 14.2. The molecule has 2 rings (SSSR count). The Hall–Kier alpha value is -1.96. The fourth-order valence-corrected chi connectivity index (χ4v) is 2.19. The molecule has 8 heteroatoms. The number of aryl methyl sites for hydroxylation is 1. The summed E-state index contributed by atoms with van der Waals surface area (Å²) in [5.74, 6) is -0.232. The van der Waals surface area contributed by atoms with Crippen LogP contribution in [0.4, 0.5) is 0 Å². The number of hydrogen-bond acceptors (Lipinski definition) is 6. The highest BCUT2D eigenvalue weighted by molar-refractivity contribution is 5.93. The number of rotatable bonds is 3. The van der Waals surface area contributed by atoms with Crippen LogP contribution in [-0.2, 0) is 15.0 Å². The van der Waals surface area contributed by atoms with Crippen LogP contribution in [0.1, 0.15) is 32.0 Å². The molecule has 2 N–H and O–H groups in total. The summed E-state index contributed by atoms with van der Waals surface area (Å²) in [6.45, 7) is 5.31. The lowest BCUT2D eigenvalue weighted by atomic mass is 9.89. The Labute approximate surface area is 109 Å². The number of aromatic nitrogens is 2. The van der Waals surface area contributed by atoms with Crippen LogP contribution in [0.2, 0.25) is 0 Å². The molecule has 0 saturated carbocycles. The van der Waals surface area contributed by atoms with Crippen LogP contribution >= 0.6 is 0 Å². The van der Waals surface area contributed by atoms with E-state index >= 15 is 0 Å². The summed E-state index contributed by atoms with van der Waals surface area (Å²) in [4.78, 5) is 25.2. The highest BCUT2D eigenvalue weighted by Crippen LogP contribution is 2.35. The third-order valence-corrected chi connectivity index (χ3v) is 3.54. The smallest absolute Gasteiger partial charge is 0.265 e. The van der Waals surface area contributed by atoms with Crippen molar-refractivity contribution in [2.75, 3.05) is 6.54 Å². The van der Waals surface area contributed by atoms with Gasteiger partial charge in [0.25, 0.3) is 5.91 Å². The molecular weight excluding hydrogens is 252 g/mol. The van der Waals surface area contributed by atoms with Crippen molar-refractivity contribution in [2.45, 2.75) is 38.6 Å². The molecule has 1 aromatic heterocycles. The Bertz CT molecular complexity index is 515. The van der Waals surface area contributed by atoms with Gasteiger partial charge in [-0.05, 0) is 20.3 Å². The van der Waals surface area contributed by atoms with E-state index in [-0.39, 0.29) is 11.8 Å². The molecule has 2 amide bonds. The van der Waals surface area contributed by atoms with Crippen LogP contribution in [0.15, 0.2) is 4.42 Å². The first-order chi connectivity index (χ1) is 8.90. The van der Waals surface area contributed by atoms with E-state index in [1.54, 1.807) is 26.3 Å². The Morgan fingerprint density at radius 2 is 2.26 bits per heavy atom. The Morgan fingerprint density at radius 3 is 2.79 bits per heavy atom. The minimum Gasteiger partial charge on any atom is -0.424 e. The molecule has 0 spiro atoms. The van der Waals surface area contributed by atoms with E-state index in [1.807, 2.05) is 0 Å². The molecule has 2 unspecified atom stereocenters.